The molecule has 7 nitrogen and oxygen atoms in total. The maximum Gasteiger partial charge on any atom is 0.221 e. The van der Waals surface area contributed by atoms with Crippen molar-refractivity contribution in [1.82, 2.24) is 20.0 Å². The fourth-order valence-electron chi connectivity index (χ4n) is 2.44. The molecule has 1 saturated heterocycles. The summed E-state index contributed by atoms with van der Waals surface area (Å²) in [6, 6.07) is 0.0315. The highest BCUT2D eigenvalue weighted by atomic mass is 35.5. The summed E-state index contributed by atoms with van der Waals surface area (Å²) in [7, 11) is -1.02. The van der Waals surface area contributed by atoms with Crippen molar-refractivity contribution in [3.05, 3.63) is 17.4 Å². The summed E-state index contributed by atoms with van der Waals surface area (Å²) in [5, 5.41) is 7.40. The first-order chi connectivity index (χ1) is 10.4. The zero-order valence-corrected chi connectivity index (χ0v) is 14.1. The van der Waals surface area contributed by atoms with E-state index in [4.69, 9.17) is 11.6 Å². The molecule has 124 valence electrons. The van der Waals surface area contributed by atoms with Crippen molar-refractivity contribution in [3.63, 3.8) is 0 Å². The molecule has 0 aromatic carbocycles. The number of rotatable bonds is 7. The van der Waals surface area contributed by atoms with Gasteiger partial charge in [0.15, 0.2) is 9.84 Å². The van der Waals surface area contributed by atoms with E-state index >= 15 is 0 Å². The van der Waals surface area contributed by atoms with Gasteiger partial charge in [0.1, 0.15) is 0 Å². The molecule has 1 amide bonds. The third-order valence-electron chi connectivity index (χ3n) is 3.79. The van der Waals surface area contributed by atoms with E-state index in [1.807, 2.05) is 11.9 Å². The van der Waals surface area contributed by atoms with E-state index in [-0.39, 0.29) is 23.5 Å². The number of carbonyl (C=O) groups is 1. The SMILES string of the molecule is CN(CCC(=O)NCCn1cc(Cl)cn1)C1CCS(=O)(=O)C1. The van der Waals surface area contributed by atoms with Gasteiger partial charge in [0.2, 0.25) is 5.91 Å². The second-order valence-electron chi connectivity index (χ2n) is 5.56. The van der Waals surface area contributed by atoms with E-state index in [1.54, 1.807) is 17.1 Å². The Labute approximate surface area is 135 Å². The van der Waals surface area contributed by atoms with Gasteiger partial charge in [-0.05, 0) is 13.5 Å². The maximum absolute atomic E-state index is 11.8. The van der Waals surface area contributed by atoms with E-state index < -0.39 is 9.84 Å². The Morgan fingerprint density at radius 1 is 1.59 bits per heavy atom. The molecular formula is C13H21ClN4O3S. The number of hydrogen-bond acceptors (Lipinski definition) is 5. The summed E-state index contributed by atoms with van der Waals surface area (Å²) in [6.45, 7) is 1.60. The molecule has 22 heavy (non-hydrogen) atoms. The van der Waals surface area contributed by atoms with Gasteiger partial charge in [-0.3, -0.25) is 9.48 Å². The van der Waals surface area contributed by atoms with Gasteiger partial charge in [0, 0.05) is 31.7 Å². The molecular weight excluding hydrogens is 328 g/mol. The van der Waals surface area contributed by atoms with Crippen LogP contribution in [0.15, 0.2) is 12.4 Å². The highest BCUT2D eigenvalue weighted by molar-refractivity contribution is 7.91. The summed E-state index contributed by atoms with van der Waals surface area (Å²) < 4.78 is 24.5. The molecule has 0 radical (unpaired) electrons. The van der Waals surface area contributed by atoms with Crippen molar-refractivity contribution in [2.45, 2.75) is 25.4 Å². The number of nitrogens with zero attached hydrogens (tertiary/aromatic N) is 3. The molecule has 1 aromatic rings. The minimum atomic E-state index is -2.88. The van der Waals surface area contributed by atoms with Gasteiger partial charge in [-0.1, -0.05) is 11.6 Å². The van der Waals surface area contributed by atoms with E-state index in [0.717, 1.165) is 0 Å². The minimum absolute atomic E-state index is 0.0315. The Balaban J connectivity index is 1.63. The molecule has 1 aliphatic heterocycles. The number of amides is 1. The van der Waals surface area contributed by atoms with Crippen LogP contribution in [0.25, 0.3) is 0 Å². The van der Waals surface area contributed by atoms with Crippen molar-refractivity contribution < 1.29 is 13.2 Å². The van der Waals surface area contributed by atoms with Gasteiger partial charge in [0.25, 0.3) is 0 Å². The number of sulfone groups is 1. The van der Waals surface area contributed by atoms with Gasteiger partial charge < -0.3 is 10.2 Å². The summed E-state index contributed by atoms with van der Waals surface area (Å²) in [4.78, 5) is 13.7. The number of carbonyl (C=O) groups excluding carboxylic acids is 1. The van der Waals surface area contributed by atoms with Crippen LogP contribution in [-0.4, -0.2) is 66.7 Å². The molecule has 0 bridgehead atoms. The quantitative estimate of drug-likeness (QED) is 0.759. The summed E-state index contributed by atoms with van der Waals surface area (Å²) in [5.41, 5.74) is 0. The molecule has 0 saturated carbocycles. The van der Waals surface area contributed by atoms with Gasteiger partial charge in [-0.25, -0.2) is 8.42 Å². The van der Waals surface area contributed by atoms with Gasteiger partial charge in [0.05, 0.1) is 29.3 Å². The lowest BCUT2D eigenvalue weighted by Gasteiger charge is -2.22. The van der Waals surface area contributed by atoms with Crippen LogP contribution in [0.2, 0.25) is 5.02 Å². The van der Waals surface area contributed by atoms with Crippen LogP contribution in [0.1, 0.15) is 12.8 Å². The minimum Gasteiger partial charge on any atom is -0.354 e. The first-order valence-electron chi connectivity index (χ1n) is 7.21. The predicted molar refractivity (Wildman–Crippen MR) is 84.6 cm³/mol. The molecule has 0 aliphatic carbocycles. The maximum atomic E-state index is 11.8. The van der Waals surface area contributed by atoms with Crippen LogP contribution in [0, 0.1) is 0 Å². The predicted octanol–water partition coefficient (Wildman–Crippen LogP) is 0.162. The van der Waals surface area contributed by atoms with Crippen LogP contribution in [0.3, 0.4) is 0 Å². The second kappa shape index (κ2) is 7.43. The molecule has 1 aliphatic rings. The smallest absolute Gasteiger partial charge is 0.221 e. The Hall–Kier alpha value is -1.12. The number of aromatic nitrogens is 2. The highest BCUT2D eigenvalue weighted by Crippen LogP contribution is 2.16. The monoisotopic (exact) mass is 348 g/mol. The summed E-state index contributed by atoms with van der Waals surface area (Å²) in [6.07, 6.45) is 4.25. The lowest BCUT2D eigenvalue weighted by atomic mass is 10.2. The standard InChI is InChI=1S/C13H21ClN4O3S/c1-17(12-3-7-22(20,21)10-12)5-2-13(19)15-4-6-18-9-11(14)8-16-18/h8-9,12H,2-7,10H2,1H3,(H,15,19). The lowest BCUT2D eigenvalue weighted by Crippen LogP contribution is -2.36. The van der Waals surface area contributed by atoms with Gasteiger partial charge in [-0.2, -0.15) is 5.10 Å². The van der Waals surface area contributed by atoms with Crippen LogP contribution in [-0.2, 0) is 21.2 Å². The number of halogens is 1. The number of nitrogens with one attached hydrogen (secondary N) is 1. The molecule has 1 atom stereocenters. The summed E-state index contributed by atoms with van der Waals surface area (Å²) in [5.74, 6) is 0.400. The van der Waals surface area contributed by atoms with Crippen LogP contribution >= 0.6 is 11.6 Å². The average molecular weight is 349 g/mol. The molecule has 1 fully saturated rings. The van der Waals surface area contributed by atoms with Crippen molar-refractivity contribution in [2.24, 2.45) is 0 Å². The molecule has 9 heteroatoms. The third-order valence-corrected chi connectivity index (χ3v) is 5.73. The summed E-state index contributed by atoms with van der Waals surface area (Å²) >= 11 is 5.75. The van der Waals surface area contributed by atoms with Crippen molar-refractivity contribution in [1.29, 1.82) is 0 Å². The van der Waals surface area contributed by atoms with E-state index in [9.17, 15) is 13.2 Å². The molecule has 2 heterocycles. The van der Waals surface area contributed by atoms with Crippen LogP contribution in [0.4, 0.5) is 0 Å². The van der Waals surface area contributed by atoms with Crippen molar-refractivity contribution in [2.75, 3.05) is 31.6 Å². The molecule has 1 aromatic heterocycles. The van der Waals surface area contributed by atoms with Crippen molar-refractivity contribution >= 4 is 27.3 Å². The highest BCUT2D eigenvalue weighted by Gasteiger charge is 2.30. The Bertz CT molecular complexity index is 617. The molecule has 0 spiro atoms. The van der Waals surface area contributed by atoms with E-state index in [2.05, 4.69) is 10.4 Å². The van der Waals surface area contributed by atoms with E-state index in [0.29, 0.717) is 37.5 Å². The topological polar surface area (TPSA) is 84.3 Å². The van der Waals surface area contributed by atoms with Crippen LogP contribution < -0.4 is 5.32 Å². The fraction of sp³-hybridized carbons (Fsp3) is 0.692. The molecule has 1 unspecified atom stereocenters. The zero-order valence-electron chi connectivity index (χ0n) is 12.5. The van der Waals surface area contributed by atoms with Crippen LogP contribution in [0.5, 0.6) is 0 Å². The largest absolute Gasteiger partial charge is 0.354 e. The lowest BCUT2D eigenvalue weighted by molar-refractivity contribution is -0.121. The first-order valence-corrected chi connectivity index (χ1v) is 9.41. The molecule has 1 N–H and O–H groups in total. The normalized spacial score (nSPS) is 20.4. The average Bonchev–Trinajstić information content (AvgIpc) is 3.02. The van der Waals surface area contributed by atoms with E-state index in [1.165, 1.54) is 0 Å². The second-order valence-corrected chi connectivity index (χ2v) is 8.22. The Morgan fingerprint density at radius 2 is 2.36 bits per heavy atom. The van der Waals surface area contributed by atoms with Gasteiger partial charge >= 0.3 is 0 Å². The Morgan fingerprint density at radius 3 is 2.95 bits per heavy atom. The first kappa shape index (κ1) is 17.2. The zero-order chi connectivity index (χ0) is 16.2. The molecule has 2 rings (SSSR count). The van der Waals surface area contributed by atoms with Crippen molar-refractivity contribution in [3.8, 4) is 0 Å². The van der Waals surface area contributed by atoms with Gasteiger partial charge in [-0.15, -0.1) is 0 Å². The third kappa shape index (κ3) is 5.26. The number of hydrogen-bond donors (Lipinski definition) is 1. The Kier molecular flexibility index (Phi) is 5.82. The fourth-order valence-corrected chi connectivity index (χ4v) is 4.40.